The van der Waals surface area contributed by atoms with Gasteiger partial charge in [-0.1, -0.05) is 6.92 Å². The van der Waals surface area contributed by atoms with Crippen molar-refractivity contribution in [3.8, 4) is 0 Å². The van der Waals surface area contributed by atoms with E-state index >= 15 is 0 Å². The van der Waals surface area contributed by atoms with Gasteiger partial charge in [-0.15, -0.1) is 0 Å². The summed E-state index contributed by atoms with van der Waals surface area (Å²) in [5, 5.41) is 13.2. The summed E-state index contributed by atoms with van der Waals surface area (Å²) in [6, 6.07) is 0. The van der Waals surface area contributed by atoms with Gasteiger partial charge in [0.2, 0.25) is 0 Å². The Morgan fingerprint density at radius 1 is 1.67 bits per heavy atom. The van der Waals surface area contributed by atoms with Crippen molar-refractivity contribution in [2.75, 3.05) is 0 Å². The Hall–Kier alpha value is -1.32. The van der Waals surface area contributed by atoms with Gasteiger partial charge in [-0.05, 0) is 31.7 Å². The molecule has 2 rings (SSSR count). The van der Waals surface area contributed by atoms with E-state index in [2.05, 4.69) is 12.0 Å². The van der Waals surface area contributed by atoms with Crippen LogP contribution in [-0.4, -0.2) is 20.9 Å². The third kappa shape index (κ3) is 1.76. The van der Waals surface area contributed by atoms with E-state index < -0.39 is 5.97 Å². The van der Waals surface area contributed by atoms with E-state index in [9.17, 15) is 4.79 Å². The molecule has 0 fully saturated rings. The van der Waals surface area contributed by atoms with Crippen LogP contribution in [0.25, 0.3) is 0 Å². The number of hydrogen-bond donors (Lipinski definition) is 1. The van der Waals surface area contributed by atoms with Crippen molar-refractivity contribution in [1.82, 2.24) is 9.78 Å². The molecule has 82 valence electrons. The lowest BCUT2D eigenvalue weighted by Gasteiger charge is -2.16. The molecule has 1 N–H and O–H groups in total. The van der Waals surface area contributed by atoms with Crippen LogP contribution in [0.4, 0.5) is 0 Å². The topological polar surface area (TPSA) is 55.1 Å². The predicted molar refractivity (Wildman–Crippen MR) is 56.0 cm³/mol. The number of carboxylic acids is 1. The van der Waals surface area contributed by atoms with Crippen LogP contribution in [0.5, 0.6) is 0 Å². The van der Waals surface area contributed by atoms with Crippen molar-refractivity contribution in [1.29, 1.82) is 0 Å². The molecule has 0 aromatic carbocycles. The number of nitrogens with zero attached hydrogens (tertiary/aromatic N) is 2. The van der Waals surface area contributed by atoms with E-state index in [0.29, 0.717) is 5.92 Å². The smallest absolute Gasteiger partial charge is 0.325 e. The fraction of sp³-hybridized carbons (Fsp3) is 0.636. The largest absolute Gasteiger partial charge is 0.480 e. The first-order chi connectivity index (χ1) is 7.09. The van der Waals surface area contributed by atoms with E-state index in [0.717, 1.165) is 24.2 Å². The molecule has 0 spiro atoms. The van der Waals surface area contributed by atoms with Crippen molar-refractivity contribution in [3.05, 3.63) is 17.0 Å². The molecule has 0 unspecified atom stereocenters. The van der Waals surface area contributed by atoms with E-state index in [1.165, 1.54) is 12.0 Å². The average molecular weight is 208 g/mol. The molecule has 1 aromatic rings. The molecule has 0 saturated carbocycles. The van der Waals surface area contributed by atoms with Gasteiger partial charge in [0.25, 0.3) is 0 Å². The van der Waals surface area contributed by atoms with E-state index in [1.807, 2.05) is 6.92 Å². The number of hydrogen-bond acceptors (Lipinski definition) is 2. The lowest BCUT2D eigenvalue weighted by atomic mass is 9.88. The van der Waals surface area contributed by atoms with Crippen LogP contribution in [-0.2, 0) is 17.8 Å². The van der Waals surface area contributed by atoms with Crippen LogP contribution in [0.15, 0.2) is 0 Å². The summed E-state index contributed by atoms with van der Waals surface area (Å²) in [6.45, 7) is 4.11. The molecule has 15 heavy (non-hydrogen) atoms. The maximum absolute atomic E-state index is 10.7. The van der Waals surface area contributed by atoms with Crippen LogP contribution in [0.2, 0.25) is 0 Å². The summed E-state index contributed by atoms with van der Waals surface area (Å²) in [5.74, 6) is -0.354. The zero-order chi connectivity index (χ0) is 11.0. The molecule has 0 amide bonds. The highest BCUT2D eigenvalue weighted by Gasteiger charge is 2.23. The van der Waals surface area contributed by atoms with E-state index in [1.54, 1.807) is 4.68 Å². The molecule has 0 aliphatic heterocycles. The fourth-order valence-corrected chi connectivity index (χ4v) is 2.32. The van der Waals surface area contributed by atoms with Crippen LogP contribution in [0, 0.1) is 6.92 Å². The Balaban J connectivity index is 2.38. The zero-order valence-electron chi connectivity index (χ0n) is 9.16. The third-order valence-electron chi connectivity index (χ3n) is 3.18. The van der Waals surface area contributed by atoms with Gasteiger partial charge in [0.1, 0.15) is 6.54 Å². The fourth-order valence-electron chi connectivity index (χ4n) is 2.32. The van der Waals surface area contributed by atoms with Crippen LogP contribution >= 0.6 is 0 Å². The van der Waals surface area contributed by atoms with Crippen molar-refractivity contribution >= 4 is 5.97 Å². The lowest BCUT2D eigenvalue weighted by molar-refractivity contribution is -0.137. The molecular formula is C11H16N2O2. The van der Waals surface area contributed by atoms with Gasteiger partial charge in [-0.3, -0.25) is 9.48 Å². The monoisotopic (exact) mass is 208 g/mol. The maximum Gasteiger partial charge on any atom is 0.325 e. The summed E-state index contributed by atoms with van der Waals surface area (Å²) in [4.78, 5) is 10.7. The van der Waals surface area contributed by atoms with Crippen LogP contribution in [0.3, 0.4) is 0 Å². The lowest BCUT2D eigenvalue weighted by Crippen LogP contribution is -2.11. The Kier molecular flexibility index (Phi) is 2.50. The van der Waals surface area contributed by atoms with Gasteiger partial charge in [0.15, 0.2) is 0 Å². The summed E-state index contributed by atoms with van der Waals surface area (Å²) < 4.78 is 1.62. The highest BCUT2D eigenvalue weighted by molar-refractivity contribution is 5.66. The molecule has 0 radical (unpaired) electrons. The standard InChI is InChI=1S/C11H16N2O2/c1-7-4-3-5-9-8(2)13(6-10(14)15)12-11(7)9/h7H,3-6H2,1-2H3,(H,14,15)/t7-/m0/s1. The van der Waals surface area contributed by atoms with Gasteiger partial charge >= 0.3 is 5.97 Å². The minimum Gasteiger partial charge on any atom is -0.480 e. The van der Waals surface area contributed by atoms with E-state index in [-0.39, 0.29) is 6.54 Å². The third-order valence-corrected chi connectivity index (χ3v) is 3.18. The van der Waals surface area contributed by atoms with Crippen molar-refractivity contribution in [2.45, 2.75) is 45.6 Å². The van der Waals surface area contributed by atoms with Crippen LogP contribution in [0.1, 0.15) is 42.6 Å². The van der Waals surface area contributed by atoms with Gasteiger partial charge < -0.3 is 5.11 Å². The van der Waals surface area contributed by atoms with Crippen molar-refractivity contribution in [2.24, 2.45) is 0 Å². The Morgan fingerprint density at radius 3 is 3.00 bits per heavy atom. The SMILES string of the molecule is Cc1c2c(nn1CC(=O)O)[C@@H](C)CCC2. The van der Waals surface area contributed by atoms with Gasteiger partial charge in [0, 0.05) is 11.6 Å². The summed E-state index contributed by atoms with van der Waals surface area (Å²) in [5.41, 5.74) is 3.41. The number of rotatable bonds is 2. The molecular weight excluding hydrogens is 192 g/mol. The van der Waals surface area contributed by atoms with Crippen LogP contribution < -0.4 is 0 Å². The van der Waals surface area contributed by atoms with E-state index in [4.69, 9.17) is 5.11 Å². The Morgan fingerprint density at radius 2 is 2.40 bits per heavy atom. The maximum atomic E-state index is 10.7. The van der Waals surface area contributed by atoms with Crippen molar-refractivity contribution < 1.29 is 9.90 Å². The molecule has 1 aromatic heterocycles. The molecule has 1 atom stereocenters. The number of aromatic nitrogens is 2. The summed E-state index contributed by atoms with van der Waals surface area (Å²) in [6.07, 6.45) is 3.40. The molecule has 4 nitrogen and oxygen atoms in total. The Labute approximate surface area is 88.9 Å². The number of carbonyl (C=O) groups is 1. The second-order valence-electron chi connectivity index (χ2n) is 4.29. The molecule has 0 bridgehead atoms. The normalized spacial score (nSPS) is 20.0. The van der Waals surface area contributed by atoms with Gasteiger partial charge in [0.05, 0.1) is 5.69 Å². The molecule has 1 heterocycles. The minimum atomic E-state index is -0.828. The quantitative estimate of drug-likeness (QED) is 0.805. The number of aliphatic carboxylic acids is 1. The number of carboxylic acid groups (broad SMARTS) is 1. The molecule has 1 aliphatic carbocycles. The van der Waals surface area contributed by atoms with Gasteiger partial charge in [-0.2, -0.15) is 5.10 Å². The molecule has 0 saturated heterocycles. The predicted octanol–water partition coefficient (Wildman–Crippen LogP) is 1.72. The first-order valence-electron chi connectivity index (χ1n) is 5.37. The summed E-state index contributed by atoms with van der Waals surface area (Å²) in [7, 11) is 0. The molecule has 4 heteroatoms. The molecule has 1 aliphatic rings. The number of fused-ring (bicyclic) bond motifs is 1. The zero-order valence-corrected chi connectivity index (χ0v) is 9.16. The second-order valence-corrected chi connectivity index (χ2v) is 4.29. The summed E-state index contributed by atoms with van der Waals surface area (Å²) >= 11 is 0. The first kappa shape index (κ1) is 10.2. The highest BCUT2D eigenvalue weighted by Crippen LogP contribution is 2.31. The Bertz CT molecular complexity index is 396. The first-order valence-corrected chi connectivity index (χ1v) is 5.37. The minimum absolute atomic E-state index is 0.0223. The highest BCUT2D eigenvalue weighted by atomic mass is 16.4. The average Bonchev–Trinajstić information content (AvgIpc) is 2.46. The van der Waals surface area contributed by atoms with Crippen molar-refractivity contribution in [3.63, 3.8) is 0 Å². The second kappa shape index (κ2) is 3.68. The van der Waals surface area contributed by atoms with Gasteiger partial charge in [-0.25, -0.2) is 0 Å².